The van der Waals surface area contributed by atoms with Crippen molar-refractivity contribution in [3.63, 3.8) is 0 Å². The van der Waals surface area contributed by atoms with Gasteiger partial charge in [0.05, 0.1) is 12.7 Å². The third kappa shape index (κ3) is 1.76. The number of rotatable bonds is 1. The van der Waals surface area contributed by atoms with Crippen LogP contribution < -0.4 is 0 Å². The summed E-state index contributed by atoms with van der Waals surface area (Å²) in [5.41, 5.74) is 0.188. The van der Waals surface area contributed by atoms with E-state index in [1.165, 1.54) is 19.2 Å². The van der Waals surface area contributed by atoms with Crippen LogP contribution in [0.15, 0.2) is 23.1 Å². The normalized spacial score (nSPS) is 9.58. The van der Waals surface area contributed by atoms with Gasteiger partial charge in [-0.2, -0.15) is 0 Å². The van der Waals surface area contributed by atoms with Crippen molar-refractivity contribution in [2.24, 2.45) is 0 Å². The lowest BCUT2D eigenvalue weighted by atomic mass is 10.2. The second-order valence-electron chi connectivity index (χ2n) is 2.16. The van der Waals surface area contributed by atoms with Crippen molar-refractivity contribution in [3.05, 3.63) is 29.6 Å². The minimum absolute atomic E-state index is 0.188. The molecule has 4 heteroatoms. The average Bonchev–Trinajstić information content (AvgIpc) is 2.08. The fourth-order valence-corrected chi connectivity index (χ4v) is 0.891. The molecule has 1 rings (SSSR count). The second-order valence-corrected chi connectivity index (χ2v) is 2.64. The van der Waals surface area contributed by atoms with Crippen LogP contribution in [0.25, 0.3) is 0 Å². The summed E-state index contributed by atoms with van der Waals surface area (Å²) in [5, 5.41) is 0. The molecule has 0 saturated heterocycles. The molecule has 0 aliphatic heterocycles. The van der Waals surface area contributed by atoms with E-state index in [1.807, 2.05) is 0 Å². The molecule has 0 heterocycles. The Morgan fingerprint density at radius 3 is 2.75 bits per heavy atom. The van der Waals surface area contributed by atoms with Crippen LogP contribution in [0.5, 0.6) is 0 Å². The lowest BCUT2D eigenvalue weighted by Gasteiger charge is -1.99. The molecule has 12 heavy (non-hydrogen) atoms. The molecule has 64 valence electrons. The summed E-state index contributed by atoms with van der Waals surface area (Å²) in [7, 11) is 1.24. The summed E-state index contributed by atoms with van der Waals surface area (Å²) >= 11 is 3.82. The molecule has 0 atom stereocenters. The van der Waals surface area contributed by atoms with E-state index in [9.17, 15) is 9.18 Å². The fourth-order valence-electron chi connectivity index (χ4n) is 0.752. The van der Waals surface area contributed by atoms with Gasteiger partial charge in [0.1, 0.15) is 5.82 Å². The van der Waals surface area contributed by atoms with E-state index in [0.29, 0.717) is 0 Å². The van der Waals surface area contributed by atoms with Gasteiger partial charge in [-0.1, -0.05) is 0 Å². The third-order valence-corrected chi connectivity index (χ3v) is 1.73. The highest BCUT2D eigenvalue weighted by Gasteiger charge is 2.07. The zero-order chi connectivity index (χ0) is 9.14. The van der Waals surface area contributed by atoms with Gasteiger partial charge in [-0.25, -0.2) is 9.18 Å². The molecule has 0 spiro atoms. The lowest BCUT2D eigenvalue weighted by molar-refractivity contribution is 0.0600. The van der Waals surface area contributed by atoms with Gasteiger partial charge in [0, 0.05) is 4.90 Å². The molecule has 0 aliphatic carbocycles. The highest BCUT2D eigenvalue weighted by Crippen LogP contribution is 2.14. The Morgan fingerprint density at radius 2 is 2.25 bits per heavy atom. The fraction of sp³-hybridized carbons (Fsp3) is 0.125. The van der Waals surface area contributed by atoms with Crippen molar-refractivity contribution in [1.82, 2.24) is 0 Å². The lowest BCUT2D eigenvalue weighted by Crippen LogP contribution is -2.01. The first-order chi connectivity index (χ1) is 5.65. The van der Waals surface area contributed by atoms with Gasteiger partial charge < -0.3 is 4.74 Å². The van der Waals surface area contributed by atoms with Gasteiger partial charge in [0.25, 0.3) is 0 Å². The molecular weight excluding hydrogens is 179 g/mol. The van der Waals surface area contributed by atoms with Gasteiger partial charge in [-0.15, -0.1) is 12.6 Å². The Bertz CT molecular complexity index is 312. The van der Waals surface area contributed by atoms with Crippen LogP contribution >= 0.6 is 12.6 Å². The predicted octanol–water partition coefficient (Wildman–Crippen LogP) is 1.90. The van der Waals surface area contributed by atoms with E-state index in [0.717, 1.165) is 6.07 Å². The molecule has 0 aliphatic rings. The van der Waals surface area contributed by atoms with Crippen LogP contribution in [-0.2, 0) is 4.74 Å². The Morgan fingerprint density at radius 1 is 1.58 bits per heavy atom. The smallest absolute Gasteiger partial charge is 0.337 e. The van der Waals surface area contributed by atoms with Crippen molar-refractivity contribution in [1.29, 1.82) is 0 Å². The second kappa shape index (κ2) is 3.58. The summed E-state index contributed by atoms with van der Waals surface area (Å²) in [4.78, 5) is 11.1. The van der Waals surface area contributed by atoms with Crippen molar-refractivity contribution < 1.29 is 13.9 Å². The maximum Gasteiger partial charge on any atom is 0.337 e. The highest BCUT2D eigenvalue weighted by molar-refractivity contribution is 7.80. The molecule has 0 bridgehead atoms. The number of hydrogen-bond donors (Lipinski definition) is 1. The van der Waals surface area contributed by atoms with E-state index in [2.05, 4.69) is 17.4 Å². The zero-order valence-electron chi connectivity index (χ0n) is 6.37. The van der Waals surface area contributed by atoms with Crippen LogP contribution in [-0.4, -0.2) is 13.1 Å². The van der Waals surface area contributed by atoms with Crippen LogP contribution in [0.1, 0.15) is 10.4 Å². The molecule has 0 N–H and O–H groups in total. The number of ether oxygens (including phenoxy) is 1. The monoisotopic (exact) mass is 186 g/mol. The number of methoxy groups -OCH3 is 1. The van der Waals surface area contributed by atoms with Crippen molar-refractivity contribution in [2.75, 3.05) is 7.11 Å². The quantitative estimate of drug-likeness (QED) is 0.535. The largest absolute Gasteiger partial charge is 0.465 e. The highest BCUT2D eigenvalue weighted by atomic mass is 32.1. The number of halogens is 1. The first-order valence-electron chi connectivity index (χ1n) is 3.22. The Hall–Kier alpha value is -1.03. The standard InChI is InChI=1S/C8H7FO2S/c1-11-8(10)5-2-3-7(12)6(9)4-5/h2-4,12H,1H3. The molecule has 0 saturated carbocycles. The summed E-state index contributed by atoms with van der Waals surface area (Å²) in [6.07, 6.45) is 0. The Balaban J connectivity index is 3.05. The number of benzene rings is 1. The zero-order valence-corrected chi connectivity index (χ0v) is 7.27. The topological polar surface area (TPSA) is 26.3 Å². The van der Waals surface area contributed by atoms with E-state index in [4.69, 9.17) is 0 Å². The molecule has 0 unspecified atom stereocenters. The summed E-state index contributed by atoms with van der Waals surface area (Å²) in [6, 6.07) is 3.95. The number of carbonyl (C=O) groups is 1. The van der Waals surface area contributed by atoms with E-state index in [-0.39, 0.29) is 10.5 Å². The van der Waals surface area contributed by atoms with Gasteiger partial charge in [-0.05, 0) is 18.2 Å². The minimum Gasteiger partial charge on any atom is -0.465 e. The maximum atomic E-state index is 12.8. The molecule has 1 aromatic carbocycles. The number of esters is 1. The van der Waals surface area contributed by atoms with Gasteiger partial charge in [0.15, 0.2) is 0 Å². The number of hydrogen-bond acceptors (Lipinski definition) is 3. The number of thiol groups is 1. The molecule has 0 amide bonds. The molecule has 0 radical (unpaired) electrons. The van der Waals surface area contributed by atoms with Gasteiger partial charge in [-0.3, -0.25) is 0 Å². The van der Waals surface area contributed by atoms with Crippen molar-refractivity contribution >= 4 is 18.6 Å². The summed E-state index contributed by atoms with van der Waals surface area (Å²) < 4.78 is 17.2. The molecule has 0 fully saturated rings. The predicted molar refractivity (Wildman–Crippen MR) is 45.0 cm³/mol. The molecule has 1 aromatic rings. The van der Waals surface area contributed by atoms with Gasteiger partial charge in [0.2, 0.25) is 0 Å². The SMILES string of the molecule is COC(=O)c1ccc(S)c(F)c1. The summed E-state index contributed by atoms with van der Waals surface area (Å²) in [6.45, 7) is 0. The van der Waals surface area contributed by atoms with E-state index in [1.54, 1.807) is 0 Å². The third-order valence-electron chi connectivity index (χ3n) is 1.37. The minimum atomic E-state index is -0.553. The Labute approximate surface area is 74.8 Å². The first kappa shape index (κ1) is 9.06. The Kier molecular flexibility index (Phi) is 2.70. The maximum absolute atomic E-state index is 12.8. The first-order valence-corrected chi connectivity index (χ1v) is 3.66. The average molecular weight is 186 g/mol. The van der Waals surface area contributed by atoms with Crippen LogP contribution in [0.4, 0.5) is 4.39 Å². The van der Waals surface area contributed by atoms with Crippen molar-refractivity contribution in [2.45, 2.75) is 4.90 Å². The molecule has 2 nitrogen and oxygen atoms in total. The van der Waals surface area contributed by atoms with Crippen LogP contribution in [0.3, 0.4) is 0 Å². The summed E-state index contributed by atoms with van der Waals surface area (Å²) in [5.74, 6) is -1.08. The van der Waals surface area contributed by atoms with E-state index >= 15 is 0 Å². The van der Waals surface area contributed by atoms with E-state index < -0.39 is 11.8 Å². The van der Waals surface area contributed by atoms with Crippen molar-refractivity contribution in [3.8, 4) is 0 Å². The van der Waals surface area contributed by atoms with Crippen LogP contribution in [0.2, 0.25) is 0 Å². The number of carbonyl (C=O) groups excluding carboxylic acids is 1. The molecule has 0 aromatic heterocycles. The van der Waals surface area contributed by atoms with Crippen LogP contribution in [0, 0.1) is 5.82 Å². The molecular formula is C8H7FO2S. The van der Waals surface area contributed by atoms with Gasteiger partial charge >= 0.3 is 5.97 Å².